The van der Waals surface area contributed by atoms with E-state index in [-0.39, 0.29) is 47.7 Å². The van der Waals surface area contributed by atoms with Gasteiger partial charge in [-0.3, -0.25) is 10.1 Å². The fourth-order valence-corrected chi connectivity index (χ4v) is 1.99. The highest BCUT2D eigenvalue weighted by Crippen LogP contribution is 2.35. The van der Waals surface area contributed by atoms with Crippen molar-refractivity contribution in [3.05, 3.63) is 42.7 Å². The smallest absolute Gasteiger partial charge is 0.411 e. The fourth-order valence-electron chi connectivity index (χ4n) is 1.99. The molecule has 1 heterocycles. The monoisotopic (exact) mass is 367 g/mol. The van der Waals surface area contributed by atoms with E-state index >= 15 is 0 Å². The molecule has 9 heteroatoms. The van der Waals surface area contributed by atoms with E-state index in [0.717, 1.165) is 0 Å². The third-order valence-corrected chi connectivity index (χ3v) is 3.12. The number of anilines is 2. The summed E-state index contributed by atoms with van der Waals surface area (Å²) in [5.74, 6) is -0.272. The molecule has 2 aromatic rings. The van der Waals surface area contributed by atoms with Gasteiger partial charge in [0.2, 0.25) is 6.54 Å². The number of hydrogen-bond donors (Lipinski definition) is 3. The van der Waals surface area contributed by atoms with Gasteiger partial charge in [0.25, 0.3) is 5.91 Å². The number of aromatic nitrogens is 1. The minimum Gasteiger partial charge on any atom is -1.00 e. The maximum atomic E-state index is 12.1. The Morgan fingerprint density at radius 3 is 2.36 bits per heavy atom. The second-order valence-electron chi connectivity index (χ2n) is 4.78. The standard InChI is InChI=1S/C16H17N3O5.ClH/c1-23-14-9-11(13(20)8-12(14)18-16(22)24-2)17-15(21)10-19-6-4-3-5-7-19;/h3-9H,10H2,1-2H3,(H2-,17,18,20,21,22);1H. The number of ether oxygens (including phenoxy) is 2. The summed E-state index contributed by atoms with van der Waals surface area (Å²) in [6, 6.07) is 8.13. The largest absolute Gasteiger partial charge is 1.00 e. The zero-order valence-electron chi connectivity index (χ0n) is 13.7. The van der Waals surface area contributed by atoms with Gasteiger partial charge < -0.3 is 32.3 Å². The molecule has 0 aliphatic heterocycles. The summed E-state index contributed by atoms with van der Waals surface area (Å²) in [5.41, 5.74) is 0.390. The summed E-state index contributed by atoms with van der Waals surface area (Å²) >= 11 is 0. The molecule has 0 bridgehead atoms. The summed E-state index contributed by atoms with van der Waals surface area (Å²) in [4.78, 5) is 23.4. The number of amides is 2. The summed E-state index contributed by atoms with van der Waals surface area (Å²) < 4.78 is 11.3. The Morgan fingerprint density at radius 1 is 1.08 bits per heavy atom. The van der Waals surface area contributed by atoms with Crippen molar-refractivity contribution in [2.45, 2.75) is 6.54 Å². The van der Waals surface area contributed by atoms with Crippen LogP contribution in [-0.4, -0.2) is 31.3 Å². The molecule has 0 spiro atoms. The van der Waals surface area contributed by atoms with E-state index in [1.807, 2.05) is 6.07 Å². The molecule has 0 aliphatic rings. The third-order valence-electron chi connectivity index (χ3n) is 3.12. The molecule has 0 saturated heterocycles. The highest BCUT2D eigenvalue weighted by molar-refractivity contribution is 5.94. The normalized spacial score (nSPS) is 9.52. The quantitative estimate of drug-likeness (QED) is 0.441. The van der Waals surface area contributed by atoms with Gasteiger partial charge in [-0.15, -0.1) is 0 Å². The number of nitrogens with one attached hydrogen (secondary N) is 2. The van der Waals surface area contributed by atoms with Crippen LogP contribution >= 0.6 is 0 Å². The van der Waals surface area contributed by atoms with Crippen LogP contribution in [0.25, 0.3) is 0 Å². The number of carbonyl (C=O) groups is 2. The fraction of sp³-hybridized carbons (Fsp3) is 0.188. The molecule has 8 nitrogen and oxygen atoms in total. The molecular weight excluding hydrogens is 350 g/mol. The first-order valence-electron chi connectivity index (χ1n) is 7.03. The van der Waals surface area contributed by atoms with Crippen LogP contribution in [0.15, 0.2) is 42.7 Å². The molecular formula is C16H18ClN3O5. The number of nitrogens with zero attached hydrogens (tertiary/aromatic N) is 1. The number of halogens is 1. The van der Waals surface area contributed by atoms with Gasteiger partial charge in [0.1, 0.15) is 11.5 Å². The molecule has 0 unspecified atom stereocenters. The Kier molecular flexibility index (Phi) is 7.48. The number of benzene rings is 1. The molecule has 2 amide bonds. The number of carbonyl (C=O) groups excluding carboxylic acids is 2. The Balaban J connectivity index is 0.00000312. The third kappa shape index (κ3) is 5.54. The number of phenols is 1. The van der Waals surface area contributed by atoms with Crippen molar-refractivity contribution < 1.29 is 41.1 Å². The van der Waals surface area contributed by atoms with Gasteiger partial charge in [-0.25, -0.2) is 4.79 Å². The summed E-state index contributed by atoms with van der Waals surface area (Å²) in [5, 5.41) is 15.0. The Morgan fingerprint density at radius 2 is 1.76 bits per heavy atom. The minimum atomic E-state index is -0.704. The van der Waals surface area contributed by atoms with Gasteiger partial charge in [-0.1, -0.05) is 6.07 Å². The molecule has 134 valence electrons. The predicted octanol–water partition coefficient (Wildman–Crippen LogP) is -1.49. The van der Waals surface area contributed by atoms with E-state index in [2.05, 4.69) is 15.4 Å². The van der Waals surface area contributed by atoms with Crippen LogP contribution in [-0.2, 0) is 16.1 Å². The lowest BCUT2D eigenvalue weighted by molar-refractivity contribution is -0.684. The van der Waals surface area contributed by atoms with Gasteiger partial charge in [0.15, 0.2) is 12.4 Å². The van der Waals surface area contributed by atoms with E-state index < -0.39 is 6.09 Å². The van der Waals surface area contributed by atoms with E-state index in [9.17, 15) is 14.7 Å². The van der Waals surface area contributed by atoms with Crippen LogP contribution in [0.2, 0.25) is 0 Å². The molecule has 3 N–H and O–H groups in total. The molecule has 0 atom stereocenters. The van der Waals surface area contributed by atoms with Crippen molar-refractivity contribution in [1.29, 1.82) is 0 Å². The van der Waals surface area contributed by atoms with Crippen LogP contribution < -0.4 is 32.3 Å². The van der Waals surface area contributed by atoms with Crippen molar-refractivity contribution in [3.63, 3.8) is 0 Å². The SMILES string of the molecule is COC(=O)Nc1cc(O)c(NC(=O)C[n+]2ccccc2)cc1OC.[Cl-]. The molecule has 0 fully saturated rings. The van der Waals surface area contributed by atoms with Crippen molar-refractivity contribution in [3.8, 4) is 11.5 Å². The zero-order valence-corrected chi connectivity index (χ0v) is 14.4. The average molecular weight is 368 g/mol. The van der Waals surface area contributed by atoms with Gasteiger partial charge in [0.05, 0.1) is 25.6 Å². The number of aromatic hydroxyl groups is 1. The Labute approximate surface area is 150 Å². The van der Waals surface area contributed by atoms with Crippen LogP contribution in [0.3, 0.4) is 0 Å². The second kappa shape index (κ2) is 9.33. The Hall–Kier alpha value is -3.00. The highest BCUT2D eigenvalue weighted by atomic mass is 35.5. The minimum absolute atomic E-state index is 0. The number of rotatable bonds is 5. The van der Waals surface area contributed by atoms with Gasteiger partial charge >= 0.3 is 6.09 Å². The number of pyridine rings is 1. The average Bonchev–Trinajstić information content (AvgIpc) is 2.57. The number of hydrogen-bond acceptors (Lipinski definition) is 5. The van der Waals surface area contributed by atoms with Crippen molar-refractivity contribution in [1.82, 2.24) is 0 Å². The van der Waals surface area contributed by atoms with E-state index in [0.29, 0.717) is 0 Å². The molecule has 1 aromatic heterocycles. The van der Waals surface area contributed by atoms with Crippen LogP contribution in [0.1, 0.15) is 0 Å². The first kappa shape index (κ1) is 20.0. The van der Waals surface area contributed by atoms with Gasteiger partial charge in [0, 0.05) is 24.3 Å². The van der Waals surface area contributed by atoms with Crippen molar-refractivity contribution in [2.75, 3.05) is 24.9 Å². The maximum Gasteiger partial charge on any atom is 0.411 e. The van der Waals surface area contributed by atoms with E-state index in [4.69, 9.17) is 4.74 Å². The van der Waals surface area contributed by atoms with Gasteiger partial charge in [-0.2, -0.15) is 4.57 Å². The molecule has 25 heavy (non-hydrogen) atoms. The van der Waals surface area contributed by atoms with Gasteiger partial charge in [-0.05, 0) is 0 Å². The number of phenolic OH excluding ortho intramolecular Hbond substituents is 1. The second-order valence-corrected chi connectivity index (χ2v) is 4.78. The first-order chi connectivity index (χ1) is 11.5. The zero-order chi connectivity index (χ0) is 17.5. The lowest BCUT2D eigenvalue weighted by atomic mass is 10.2. The summed E-state index contributed by atoms with van der Waals surface area (Å²) in [7, 11) is 2.62. The van der Waals surface area contributed by atoms with E-state index in [1.165, 1.54) is 26.4 Å². The van der Waals surface area contributed by atoms with Crippen molar-refractivity contribution in [2.24, 2.45) is 0 Å². The Bertz CT molecular complexity index is 740. The van der Waals surface area contributed by atoms with Crippen LogP contribution in [0.5, 0.6) is 11.5 Å². The highest BCUT2D eigenvalue weighted by Gasteiger charge is 2.16. The molecule has 0 radical (unpaired) electrons. The molecule has 0 saturated carbocycles. The molecule has 1 aromatic carbocycles. The van der Waals surface area contributed by atoms with Crippen LogP contribution in [0.4, 0.5) is 16.2 Å². The van der Waals surface area contributed by atoms with E-state index in [1.54, 1.807) is 29.1 Å². The summed E-state index contributed by atoms with van der Waals surface area (Å²) in [6.07, 6.45) is 2.80. The first-order valence-corrected chi connectivity index (χ1v) is 7.03. The lowest BCUT2D eigenvalue weighted by Crippen LogP contribution is -3.00. The lowest BCUT2D eigenvalue weighted by Gasteiger charge is -2.13. The molecule has 2 rings (SSSR count). The van der Waals surface area contributed by atoms with Crippen molar-refractivity contribution >= 4 is 23.4 Å². The molecule has 0 aliphatic carbocycles. The summed E-state index contributed by atoms with van der Waals surface area (Å²) in [6.45, 7) is 0.0881. The predicted molar refractivity (Wildman–Crippen MR) is 86.0 cm³/mol. The van der Waals surface area contributed by atoms with Crippen LogP contribution in [0, 0.1) is 0 Å². The number of methoxy groups -OCH3 is 2. The maximum absolute atomic E-state index is 12.1. The topological polar surface area (TPSA) is 101 Å².